The lowest BCUT2D eigenvalue weighted by Crippen LogP contribution is -2.15. The Morgan fingerprint density at radius 2 is 1.87 bits per heavy atom. The van der Waals surface area contributed by atoms with Crippen molar-refractivity contribution in [2.24, 2.45) is 0 Å². The number of carbonyl (C=O) groups is 1. The van der Waals surface area contributed by atoms with E-state index in [-0.39, 0.29) is 18.6 Å². The molecule has 1 aromatic heterocycles. The Labute approximate surface area is 173 Å². The zero-order valence-electron chi connectivity index (χ0n) is 17.0. The Morgan fingerprint density at radius 3 is 2.57 bits per heavy atom. The largest absolute Gasteiger partial charge is 0.493 e. The van der Waals surface area contributed by atoms with E-state index in [1.165, 1.54) is 13.2 Å². The second-order valence-electron chi connectivity index (χ2n) is 6.35. The highest BCUT2D eigenvalue weighted by molar-refractivity contribution is 5.84. The summed E-state index contributed by atoms with van der Waals surface area (Å²) >= 11 is 0. The smallest absolute Gasteiger partial charge is 0.344 e. The Balaban J connectivity index is 1.95. The van der Waals surface area contributed by atoms with E-state index in [0.717, 1.165) is 0 Å². The van der Waals surface area contributed by atoms with Gasteiger partial charge in [-0.1, -0.05) is 18.7 Å². The number of hydrogen-bond acceptors (Lipinski definition) is 7. The predicted molar refractivity (Wildman–Crippen MR) is 112 cm³/mol. The molecule has 0 atom stereocenters. The van der Waals surface area contributed by atoms with Crippen molar-refractivity contribution in [3.05, 3.63) is 65.0 Å². The Kier molecular flexibility index (Phi) is 6.41. The van der Waals surface area contributed by atoms with Gasteiger partial charge in [0.2, 0.25) is 5.43 Å². The van der Waals surface area contributed by atoms with E-state index in [2.05, 4.69) is 6.58 Å². The zero-order chi connectivity index (χ0) is 21.7. The quantitative estimate of drug-likeness (QED) is 0.411. The SMILES string of the molecule is C=CCOC(=O)COc1ccc2c(=O)c(-c3ccc(OC)c(OC)c3)c(C)oc2c1. The number of esters is 1. The van der Waals surface area contributed by atoms with E-state index in [9.17, 15) is 9.59 Å². The molecule has 0 spiro atoms. The summed E-state index contributed by atoms with van der Waals surface area (Å²) in [5, 5.41) is 0.395. The number of benzene rings is 2. The van der Waals surface area contributed by atoms with E-state index >= 15 is 0 Å². The highest BCUT2D eigenvalue weighted by Gasteiger charge is 2.16. The molecule has 0 aliphatic rings. The molecule has 0 aliphatic heterocycles. The highest BCUT2D eigenvalue weighted by atomic mass is 16.6. The molecule has 0 saturated carbocycles. The third-order valence-corrected chi connectivity index (χ3v) is 4.43. The van der Waals surface area contributed by atoms with Crippen LogP contribution in [-0.2, 0) is 9.53 Å². The molecule has 0 amide bonds. The average Bonchev–Trinajstić information content (AvgIpc) is 2.75. The molecule has 7 heteroatoms. The summed E-state index contributed by atoms with van der Waals surface area (Å²) in [6.07, 6.45) is 1.47. The van der Waals surface area contributed by atoms with Crippen molar-refractivity contribution < 1.29 is 28.2 Å². The van der Waals surface area contributed by atoms with E-state index < -0.39 is 5.97 Å². The average molecular weight is 410 g/mol. The molecular formula is C23H22O7. The van der Waals surface area contributed by atoms with Gasteiger partial charge in [0.1, 0.15) is 23.7 Å². The second kappa shape index (κ2) is 9.17. The molecule has 7 nitrogen and oxygen atoms in total. The fourth-order valence-electron chi connectivity index (χ4n) is 3.04. The van der Waals surface area contributed by atoms with Crippen molar-refractivity contribution in [1.29, 1.82) is 0 Å². The minimum atomic E-state index is -0.517. The summed E-state index contributed by atoms with van der Waals surface area (Å²) in [7, 11) is 3.08. The van der Waals surface area contributed by atoms with E-state index in [4.69, 9.17) is 23.4 Å². The maximum atomic E-state index is 13.1. The molecule has 0 unspecified atom stereocenters. The van der Waals surface area contributed by atoms with Crippen LogP contribution in [0.25, 0.3) is 22.1 Å². The second-order valence-corrected chi connectivity index (χ2v) is 6.35. The Hall–Kier alpha value is -3.74. The van der Waals surface area contributed by atoms with Gasteiger partial charge in [-0.25, -0.2) is 4.79 Å². The van der Waals surface area contributed by atoms with Crippen molar-refractivity contribution in [1.82, 2.24) is 0 Å². The third-order valence-electron chi connectivity index (χ3n) is 4.43. The molecule has 30 heavy (non-hydrogen) atoms. The molecule has 3 aromatic rings. The number of fused-ring (bicyclic) bond motifs is 1. The van der Waals surface area contributed by atoms with E-state index in [1.807, 2.05) is 0 Å². The predicted octanol–water partition coefficient (Wildman–Crippen LogP) is 3.89. The van der Waals surface area contributed by atoms with Crippen LogP contribution in [0.2, 0.25) is 0 Å². The summed E-state index contributed by atoms with van der Waals surface area (Å²) in [6, 6.07) is 10.0. The van der Waals surface area contributed by atoms with Gasteiger partial charge in [-0.05, 0) is 36.8 Å². The molecule has 0 bridgehead atoms. The monoisotopic (exact) mass is 410 g/mol. The van der Waals surface area contributed by atoms with Crippen LogP contribution in [0.1, 0.15) is 5.76 Å². The Morgan fingerprint density at radius 1 is 1.10 bits per heavy atom. The normalized spacial score (nSPS) is 10.5. The first-order valence-corrected chi connectivity index (χ1v) is 9.17. The number of aryl methyl sites for hydroxylation is 1. The van der Waals surface area contributed by atoms with Crippen LogP contribution < -0.4 is 19.6 Å². The number of methoxy groups -OCH3 is 2. The maximum Gasteiger partial charge on any atom is 0.344 e. The third kappa shape index (κ3) is 4.30. The molecule has 0 aliphatic carbocycles. The summed E-state index contributed by atoms with van der Waals surface area (Å²) in [4.78, 5) is 24.7. The first kappa shape index (κ1) is 21.0. The number of rotatable bonds is 8. The zero-order valence-corrected chi connectivity index (χ0v) is 17.0. The minimum Gasteiger partial charge on any atom is -0.493 e. The lowest BCUT2D eigenvalue weighted by atomic mass is 10.0. The molecule has 0 fully saturated rings. The molecule has 3 rings (SSSR count). The van der Waals surface area contributed by atoms with Crippen LogP contribution in [0.15, 0.2) is 58.3 Å². The van der Waals surface area contributed by atoms with Gasteiger partial charge in [-0.3, -0.25) is 4.79 Å². The molecule has 0 saturated heterocycles. The van der Waals surface area contributed by atoms with E-state index in [1.54, 1.807) is 50.4 Å². The van der Waals surface area contributed by atoms with Gasteiger partial charge in [-0.15, -0.1) is 0 Å². The topological polar surface area (TPSA) is 84.2 Å². The molecule has 156 valence electrons. The number of ether oxygens (including phenoxy) is 4. The van der Waals surface area contributed by atoms with Crippen molar-refractivity contribution >= 4 is 16.9 Å². The lowest BCUT2D eigenvalue weighted by molar-refractivity contribution is -0.144. The van der Waals surface area contributed by atoms with Gasteiger partial charge in [0.05, 0.1) is 25.2 Å². The van der Waals surface area contributed by atoms with Gasteiger partial charge in [0, 0.05) is 6.07 Å². The summed E-state index contributed by atoms with van der Waals surface area (Å²) < 4.78 is 26.8. The first-order valence-electron chi connectivity index (χ1n) is 9.17. The van der Waals surface area contributed by atoms with Crippen molar-refractivity contribution in [3.63, 3.8) is 0 Å². The van der Waals surface area contributed by atoms with Crippen molar-refractivity contribution in [2.75, 3.05) is 27.4 Å². The minimum absolute atomic E-state index is 0.118. The van der Waals surface area contributed by atoms with Gasteiger partial charge in [0.15, 0.2) is 18.1 Å². The maximum absolute atomic E-state index is 13.1. The summed E-state index contributed by atoms with van der Waals surface area (Å²) in [6.45, 7) is 5.05. The van der Waals surface area contributed by atoms with Gasteiger partial charge >= 0.3 is 5.97 Å². The molecule has 0 N–H and O–H groups in total. The van der Waals surface area contributed by atoms with Crippen molar-refractivity contribution in [2.45, 2.75) is 6.92 Å². The van der Waals surface area contributed by atoms with Crippen LogP contribution in [-0.4, -0.2) is 33.4 Å². The molecule has 2 aromatic carbocycles. The molecule has 0 radical (unpaired) electrons. The summed E-state index contributed by atoms with van der Waals surface area (Å²) in [5.74, 6) is 1.40. The highest BCUT2D eigenvalue weighted by Crippen LogP contribution is 2.33. The molecular weight excluding hydrogens is 388 g/mol. The van der Waals surface area contributed by atoms with Gasteiger partial charge < -0.3 is 23.4 Å². The van der Waals surface area contributed by atoms with E-state index in [0.29, 0.717) is 45.1 Å². The summed E-state index contributed by atoms with van der Waals surface area (Å²) in [5.41, 5.74) is 1.27. The molecule has 1 heterocycles. The Bertz CT molecular complexity index is 1140. The lowest BCUT2D eigenvalue weighted by Gasteiger charge is -2.12. The van der Waals surface area contributed by atoms with Gasteiger partial charge in [0.25, 0.3) is 0 Å². The first-order chi connectivity index (χ1) is 14.5. The number of hydrogen-bond donors (Lipinski definition) is 0. The van der Waals surface area contributed by atoms with Crippen LogP contribution in [0.5, 0.6) is 17.2 Å². The van der Waals surface area contributed by atoms with Crippen LogP contribution in [0.4, 0.5) is 0 Å². The van der Waals surface area contributed by atoms with Crippen LogP contribution in [0, 0.1) is 6.92 Å². The number of carbonyl (C=O) groups excluding carboxylic acids is 1. The standard InChI is InChI=1S/C23H22O7/c1-5-10-28-21(24)13-29-16-7-8-17-19(12-16)30-14(2)22(23(17)25)15-6-9-18(26-3)20(11-15)27-4/h5-9,11-12H,1,10,13H2,2-4H3. The fourth-order valence-corrected chi connectivity index (χ4v) is 3.04. The van der Waals surface area contributed by atoms with Crippen molar-refractivity contribution in [3.8, 4) is 28.4 Å². The van der Waals surface area contributed by atoms with Crippen LogP contribution in [0.3, 0.4) is 0 Å². The van der Waals surface area contributed by atoms with Crippen LogP contribution >= 0.6 is 0 Å². The van der Waals surface area contributed by atoms with Gasteiger partial charge in [-0.2, -0.15) is 0 Å². The fraction of sp³-hybridized carbons (Fsp3) is 0.217.